The van der Waals surface area contributed by atoms with Gasteiger partial charge >= 0.3 is 0 Å². The molecule has 2 aromatic rings. The summed E-state index contributed by atoms with van der Waals surface area (Å²) >= 11 is 0. The molecule has 1 unspecified atom stereocenters. The Hall–Kier alpha value is -2.29. The molecule has 0 saturated carbocycles. The predicted octanol–water partition coefficient (Wildman–Crippen LogP) is -0.273. The van der Waals surface area contributed by atoms with Gasteiger partial charge in [0.1, 0.15) is 12.7 Å². The van der Waals surface area contributed by atoms with E-state index in [1.165, 1.54) is 17.3 Å². The normalized spacial score (nSPS) is 18.8. The van der Waals surface area contributed by atoms with Crippen LogP contribution in [0.3, 0.4) is 0 Å². The molecule has 9 heteroatoms. The molecule has 1 atom stereocenters. The number of nitrogens with one attached hydrogen (secondary N) is 1. The van der Waals surface area contributed by atoms with E-state index in [2.05, 4.69) is 42.3 Å². The van der Waals surface area contributed by atoms with Gasteiger partial charge in [-0.3, -0.25) is 5.43 Å². The number of nitrogen functional groups attached to an aromatic ring is 1. The average molecular weight is 261 g/mol. The number of anilines is 2. The Morgan fingerprint density at radius 1 is 1.32 bits per heavy atom. The fourth-order valence-electron chi connectivity index (χ4n) is 2.19. The van der Waals surface area contributed by atoms with Gasteiger partial charge < -0.3 is 4.90 Å². The summed E-state index contributed by atoms with van der Waals surface area (Å²) in [4.78, 5) is 18.9. The first kappa shape index (κ1) is 11.8. The van der Waals surface area contributed by atoms with Gasteiger partial charge in [0.25, 0.3) is 5.95 Å². The second kappa shape index (κ2) is 4.76. The Kier molecular flexibility index (Phi) is 2.95. The molecule has 1 aliphatic heterocycles. The molecule has 9 nitrogen and oxygen atoms in total. The molecule has 0 aromatic carbocycles. The molecule has 0 aliphatic carbocycles. The second-order valence-electron chi connectivity index (χ2n) is 4.43. The SMILES string of the molecule is CC1CCCN1c1nc(NN)nc(-n2cncn2)n1. The lowest BCUT2D eigenvalue weighted by Gasteiger charge is -2.21. The van der Waals surface area contributed by atoms with Crippen molar-refractivity contribution in [3.63, 3.8) is 0 Å². The molecule has 19 heavy (non-hydrogen) atoms. The van der Waals surface area contributed by atoms with E-state index in [0.717, 1.165) is 19.4 Å². The monoisotopic (exact) mass is 261 g/mol. The first-order valence-corrected chi connectivity index (χ1v) is 6.12. The fourth-order valence-corrected chi connectivity index (χ4v) is 2.19. The van der Waals surface area contributed by atoms with Crippen molar-refractivity contribution in [3.8, 4) is 5.95 Å². The van der Waals surface area contributed by atoms with Crippen LogP contribution in [0.4, 0.5) is 11.9 Å². The van der Waals surface area contributed by atoms with Crippen LogP contribution in [0, 0.1) is 0 Å². The third kappa shape index (κ3) is 2.19. The summed E-state index contributed by atoms with van der Waals surface area (Å²) in [7, 11) is 0. The van der Waals surface area contributed by atoms with Crippen LogP contribution >= 0.6 is 0 Å². The lowest BCUT2D eigenvalue weighted by atomic mass is 10.2. The molecule has 1 saturated heterocycles. The summed E-state index contributed by atoms with van der Waals surface area (Å²) in [5.41, 5.74) is 2.46. The van der Waals surface area contributed by atoms with Crippen LogP contribution in [0.5, 0.6) is 0 Å². The van der Waals surface area contributed by atoms with Gasteiger partial charge in [-0.25, -0.2) is 10.8 Å². The van der Waals surface area contributed by atoms with Gasteiger partial charge in [-0.05, 0) is 19.8 Å². The largest absolute Gasteiger partial charge is 0.338 e. The van der Waals surface area contributed by atoms with Crippen molar-refractivity contribution in [2.45, 2.75) is 25.8 Å². The van der Waals surface area contributed by atoms with Gasteiger partial charge in [-0.2, -0.15) is 24.7 Å². The summed E-state index contributed by atoms with van der Waals surface area (Å²) in [6.45, 7) is 3.09. The summed E-state index contributed by atoms with van der Waals surface area (Å²) in [6.07, 6.45) is 5.23. The zero-order valence-electron chi connectivity index (χ0n) is 10.6. The van der Waals surface area contributed by atoms with Crippen LogP contribution in [0.15, 0.2) is 12.7 Å². The summed E-state index contributed by atoms with van der Waals surface area (Å²) in [5.74, 6) is 6.73. The Balaban J connectivity index is 2.02. The third-order valence-corrected chi connectivity index (χ3v) is 3.17. The standard InChI is InChI=1S/C10H15N9/c1-7-3-2-4-18(7)9-14-8(17-11)15-10(16-9)19-6-12-5-13-19/h5-7H,2-4,11H2,1H3,(H,14,15,16,17). The maximum atomic E-state index is 5.41. The molecular formula is C10H15N9. The molecule has 1 fully saturated rings. The van der Waals surface area contributed by atoms with Gasteiger partial charge in [0, 0.05) is 12.6 Å². The smallest absolute Gasteiger partial charge is 0.258 e. The summed E-state index contributed by atoms with van der Waals surface area (Å²) in [6, 6.07) is 0.414. The molecule has 0 spiro atoms. The minimum atomic E-state index is 0.314. The van der Waals surface area contributed by atoms with Crippen LogP contribution < -0.4 is 16.2 Å². The highest BCUT2D eigenvalue weighted by molar-refractivity contribution is 5.40. The third-order valence-electron chi connectivity index (χ3n) is 3.17. The van der Waals surface area contributed by atoms with Crippen LogP contribution in [-0.4, -0.2) is 42.3 Å². The van der Waals surface area contributed by atoms with Crippen molar-refractivity contribution in [3.05, 3.63) is 12.7 Å². The summed E-state index contributed by atoms with van der Waals surface area (Å²) < 4.78 is 1.48. The Morgan fingerprint density at radius 3 is 2.79 bits per heavy atom. The Labute approximate surface area is 109 Å². The van der Waals surface area contributed by atoms with Crippen LogP contribution in [-0.2, 0) is 0 Å². The van der Waals surface area contributed by atoms with Gasteiger partial charge in [0.05, 0.1) is 0 Å². The van der Waals surface area contributed by atoms with Gasteiger partial charge in [-0.1, -0.05) is 0 Å². The molecule has 0 bridgehead atoms. The minimum absolute atomic E-state index is 0.314. The zero-order chi connectivity index (χ0) is 13.2. The molecule has 3 rings (SSSR count). The van der Waals surface area contributed by atoms with E-state index in [1.54, 1.807) is 0 Å². The van der Waals surface area contributed by atoms with E-state index in [9.17, 15) is 0 Å². The first-order valence-electron chi connectivity index (χ1n) is 6.12. The lowest BCUT2D eigenvalue weighted by molar-refractivity contribution is 0.704. The quantitative estimate of drug-likeness (QED) is 0.573. The van der Waals surface area contributed by atoms with E-state index in [-0.39, 0.29) is 0 Å². The van der Waals surface area contributed by atoms with Crippen molar-refractivity contribution >= 4 is 11.9 Å². The molecule has 0 radical (unpaired) electrons. The number of hydrogen-bond donors (Lipinski definition) is 2. The van der Waals surface area contributed by atoms with Crippen LogP contribution in [0.2, 0.25) is 0 Å². The molecule has 3 N–H and O–H groups in total. The maximum absolute atomic E-state index is 5.41. The van der Waals surface area contributed by atoms with E-state index < -0.39 is 0 Å². The Bertz CT molecular complexity index is 552. The van der Waals surface area contributed by atoms with Crippen molar-refractivity contribution in [2.75, 3.05) is 16.9 Å². The molecule has 1 aliphatic rings. The van der Waals surface area contributed by atoms with Crippen molar-refractivity contribution in [1.29, 1.82) is 0 Å². The lowest BCUT2D eigenvalue weighted by Crippen LogP contribution is -2.29. The number of aromatic nitrogens is 6. The molecule has 2 aromatic heterocycles. The Morgan fingerprint density at radius 2 is 2.16 bits per heavy atom. The van der Waals surface area contributed by atoms with Crippen molar-refractivity contribution in [1.82, 2.24) is 29.7 Å². The van der Waals surface area contributed by atoms with Gasteiger partial charge in [-0.15, -0.1) is 0 Å². The van der Waals surface area contributed by atoms with E-state index in [1.807, 2.05) is 0 Å². The zero-order valence-corrected chi connectivity index (χ0v) is 10.6. The highest BCUT2D eigenvalue weighted by atomic mass is 15.4. The number of rotatable bonds is 3. The molecular weight excluding hydrogens is 246 g/mol. The van der Waals surface area contributed by atoms with Crippen molar-refractivity contribution < 1.29 is 0 Å². The van der Waals surface area contributed by atoms with E-state index >= 15 is 0 Å². The van der Waals surface area contributed by atoms with Gasteiger partial charge in [0.15, 0.2) is 0 Å². The highest BCUT2D eigenvalue weighted by Crippen LogP contribution is 2.22. The average Bonchev–Trinajstić information content (AvgIpc) is 3.09. The molecule has 100 valence electrons. The summed E-state index contributed by atoms with van der Waals surface area (Å²) in [5, 5.41) is 4.01. The van der Waals surface area contributed by atoms with Gasteiger partial charge in [0.2, 0.25) is 11.9 Å². The number of hydrogen-bond acceptors (Lipinski definition) is 8. The molecule has 0 amide bonds. The predicted molar refractivity (Wildman–Crippen MR) is 68.6 cm³/mol. The van der Waals surface area contributed by atoms with Crippen molar-refractivity contribution in [2.24, 2.45) is 5.84 Å². The molecule has 3 heterocycles. The highest BCUT2D eigenvalue weighted by Gasteiger charge is 2.24. The topological polar surface area (TPSA) is 111 Å². The van der Waals surface area contributed by atoms with E-state index in [0.29, 0.717) is 23.9 Å². The minimum Gasteiger partial charge on any atom is -0.338 e. The van der Waals surface area contributed by atoms with E-state index in [4.69, 9.17) is 5.84 Å². The number of hydrazine groups is 1. The van der Waals surface area contributed by atoms with Crippen LogP contribution in [0.25, 0.3) is 5.95 Å². The number of nitrogens with two attached hydrogens (primary N) is 1. The number of nitrogens with zero attached hydrogens (tertiary/aromatic N) is 7. The fraction of sp³-hybridized carbons (Fsp3) is 0.500. The second-order valence-corrected chi connectivity index (χ2v) is 4.43. The van der Waals surface area contributed by atoms with Crippen LogP contribution in [0.1, 0.15) is 19.8 Å². The first-order chi connectivity index (χ1) is 9.28. The maximum Gasteiger partial charge on any atom is 0.258 e.